The van der Waals surface area contributed by atoms with Crippen LogP contribution in [0, 0.1) is 5.92 Å². The standard InChI is InChI=1S/C33H45N5O8/c1-18(2)13-25(34)28(16-36-26(15-30(40)41)31(42)37-19(3)4)46-32(43)27(14-29(35)39)38-33(44)45-17-24-22-11-7-5-9-20(22)21-10-6-8-12-23(21)24/h5-12,18-19,24-28,36H,13-17,34H2,1-4H3,(H2,35,39)(H,37,42)(H,38,44)(H,40,41)/t25-,26+,27+,28+/m1/s1. The van der Waals surface area contributed by atoms with Gasteiger partial charge >= 0.3 is 18.0 Å². The predicted octanol–water partition coefficient (Wildman–Crippen LogP) is 2.01. The molecular weight excluding hydrogens is 594 g/mol. The summed E-state index contributed by atoms with van der Waals surface area (Å²) in [4.78, 5) is 62.2. The lowest BCUT2D eigenvalue weighted by Crippen LogP contribution is -2.54. The van der Waals surface area contributed by atoms with Gasteiger partial charge in [0, 0.05) is 24.5 Å². The molecule has 250 valence electrons. The number of carbonyl (C=O) groups excluding carboxylic acids is 4. The molecule has 0 fully saturated rings. The first-order valence-electron chi connectivity index (χ1n) is 15.4. The topological polar surface area (TPSA) is 212 Å². The van der Waals surface area contributed by atoms with E-state index in [1.54, 1.807) is 13.8 Å². The molecule has 13 nitrogen and oxygen atoms in total. The maximum Gasteiger partial charge on any atom is 0.407 e. The van der Waals surface area contributed by atoms with E-state index in [1.807, 2.05) is 62.4 Å². The summed E-state index contributed by atoms with van der Waals surface area (Å²) >= 11 is 0. The zero-order valence-corrected chi connectivity index (χ0v) is 26.7. The highest BCUT2D eigenvalue weighted by Crippen LogP contribution is 2.44. The minimum Gasteiger partial charge on any atom is -0.481 e. The first kappa shape index (κ1) is 36.0. The van der Waals surface area contributed by atoms with Gasteiger partial charge in [-0.25, -0.2) is 9.59 Å². The molecule has 2 aromatic rings. The molecule has 0 spiro atoms. The number of benzene rings is 2. The Bertz CT molecular complexity index is 1350. The molecule has 0 unspecified atom stereocenters. The van der Waals surface area contributed by atoms with Crippen molar-refractivity contribution in [3.8, 4) is 11.1 Å². The summed E-state index contributed by atoms with van der Waals surface area (Å²) in [5.41, 5.74) is 15.9. The Labute approximate surface area is 268 Å². The van der Waals surface area contributed by atoms with Gasteiger partial charge in [-0.3, -0.25) is 14.4 Å². The Morgan fingerprint density at radius 2 is 1.46 bits per heavy atom. The second-order valence-electron chi connectivity index (χ2n) is 12.2. The normalized spacial score (nSPS) is 14.8. The third-order valence-corrected chi connectivity index (χ3v) is 7.51. The summed E-state index contributed by atoms with van der Waals surface area (Å²) in [5.74, 6) is -3.71. The van der Waals surface area contributed by atoms with Gasteiger partial charge in [0.2, 0.25) is 11.8 Å². The quantitative estimate of drug-likeness (QED) is 0.139. The van der Waals surface area contributed by atoms with Crippen molar-refractivity contribution >= 4 is 29.8 Å². The van der Waals surface area contributed by atoms with Crippen molar-refractivity contribution in [1.82, 2.24) is 16.0 Å². The minimum absolute atomic E-state index is 0.0204. The molecule has 1 aliphatic carbocycles. The van der Waals surface area contributed by atoms with Gasteiger partial charge in [-0.2, -0.15) is 0 Å². The van der Waals surface area contributed by atoms with Gasteiger partial charge in [0.1, 0.15) is 18.8 Å². The van der Waals surface area contributed by atoms with E-state index in [-0.39, 0.29) is 31.0 Å². The third-order valence-electron chi connectivity index (χ3n) is 7.51. The van der Waals surface area contributed by atoms with Crippen LogP contribution < -0.4 is 27.4 Å². The number of carbonyl (C=O) groups is 5. The lowest BCUT2D eigenvalue weighted by atomic mass is 9.98. The molecule has 46 heavy (non-hydrogen) atoms. The Morgan fingerprint density at radius 3 is 1.98 bits per heavy atom. The molecule has 3 amide bonds. The molecule has 0 aliphatic heterocycles. The van der Waals surface area contributed by atoms with E-state index >= 15 is 0 Å². The maximum absolute atomic E-state index is 13.3. The van der Waals surface area contributed by atoms with Crippen molar-refractivity contribution in [3.63, 3.8) is 0 Å². The number of fused-ring (bicyclic) bond motifs is 3. The number of aliphatic carboxylic acids is 1. The van der Waals surface area contributed by atoms with Gasteiger partial charge in [-0.15, -0.1) is 0 Å². The van der Waals surface area contributed by atoms with Gasteiger partial charge in [-0.05, 0) is 48.4 Å². The number of alkyl carbamates (subject to hydrolysis) is 1. The lowest BCUT2D eigenvalue weighted by molar-refractivity contribution is -0.154. The van der Waals surface area contributed by atoms with Crippen LogP contribution >= 0.6 is 0 Å². The summed E-state index contributed by atoms with van der Waals surface area (Å²) < 4.78 is 11.2. The number of rotatable bonds is 17. The highest BCUT2D eigenvalue weighted by Gasteiger charge is 2.33. The number of hydrogen-bond donors (Lipinski definition) is 6. The van der Waals surface area contributed by atoms with Gasteiger partial charge in [0.25, 0.3) is 0 Å². The van der Waals surface area contributed by atoms with Crippen LogP contribution in [0.1, 0.15) is 64.0 Å². The molecule has 0 saturated carbocycles. The number of amides is 3. The van der Waals surface area contributed by atoms with Crippen LogP contribution in [-0.4, -0.2) is 78.4 Å². The number of esters is 1. The summed E-state index contributed by atoms with van der Waals surface area (Å²) in [5, 5.41) is 17.2. The highest BCUT2D eigenvalue weighted by atomic mass is 16.6. The Balaban J connectivity index is 1.71. The summed E-state index contributed by atoms with van der Waals surface area (Å²) in [6, 6.07) is 12.1. The van der Waals surface area contributed by atoms with Crippen molar-refractivity contribution in [3.05, 3.63) is 59.7 Å². The molecule has 8 N–H and O–H groups in total. The Hall–Kier alpha value is -4.49. The fourth-order valence-corrected chi connectivity index (χ4v) is 5.46. The number of hydrogen-bond acceptors (Lipinski definition) is 9. The van der Waals surface area contributed by atoms with Gasteiger partial charge in [0.05, 0.1) is 18.9 Å². The van der Waals surface area contributed by atoms with Crippen LogP contribution in [0.2, 0.25) is 0 Å². The van der Waals surface area contributed by atoms with E-state index < -0.39 is 66.9 Å². The van der Waals surface area contributed by atoms with Gasteiger partial charge in [0.15, 0.2) is 0 Å². The molecular formula is C33H45N5O8. The van der Waals surface area contributed by atoms with Crippen molar-refractivity contribution < 1.29 is 38.6 Å². The van der Waals surface area contributed by atoms with Gasteiger partial charge in [-0.1, -0.05) is 62.4 Å². The molecule has 1 aliphatic rings. The zero-order valence-electron chi connectivity index (χ0n) is 26.7. The van der Waals surface area contributed by atoms with Crippen LogP contribution in [0.25, 0.3) is 11.1 Å². The monoisotopic (exact) mass is 639 g/mol. The molecule has 0 bridgehead atoms. The fourth-order valence-electron chi connectivity index (χ4n) is 5.46. The van der Waals surface area contributed by atoms with E-state index in [2.05, 4.69) is 16.0 Å². The summed E-state index contributed by atoms with van der Waals surface area (Å²) in [6.07, 6.45) is -2.66. The van der Waals surface area contributed by atoms with E-state index in [1.165, 1.54) is 0 Å². The molecule has 0 radical (unpaired) electrons. The SMILES string of the molecule is CC(C)C[C@@H](N)[C@H](CN[C@@H](CC(=O)O)C(=O)NC(C)C)OC(=O)[C@H](CC(N)=O)NC(=O)OCC1c2ccccc2-c2ccccc21. The third kappa shape index (κ3) is 10.3. The second kappa shape index (κ2) is 16.7. The zero-order chi connectivity index (χ0) is 34.0. The molecule has 2 aromatic carbocycles. The van der Waals surface area contributed by atoms with Gasteiger partial charge < -0.3 is 42.0 Å². The molecule has 4 atom stereocenters. The smallest absolute Gasteiger partial charge is 0.407 e. The number of nitrogens with two attached hydrogens (primary N) is 2. The van der Waals surface area contributed by atoms with E-state index in [4.69, 9.17) is 20.9 Å². The number of nitrogens with one attached hydrogen (secondary N) is 3. The number of carboxylic acid groups (broad SMARTS) is 1. The summed E-state index contributed by atoms with van der Waals surface area (Å²) in [7, 11) is 0. The first-order chi connectivity index (χ1) is 21.8. The van der Waals surface area contributed by atoms with Crippen molar-refractivity contribution in [2.24, 2.45) is 17.4 Å². The molecule has 0 heterocycles. The van der Waals surface area contributed by atoms with Crippen molar-refractivity contribution in [1.29, 1.82) is 0 Å². The maximum atomic E-state index is 13.3. The Kier molecular flexibility index (Phi) is 13.1. The number of primary amides is 1. The molecule has 0 aromatic heterocycles. The second-order valence-corrected chi connectivity index (χ2v) is 12.2. The largest absolute Gasteiger partial charge is 0.481 e. The molecule has 3 rings (SSSR count). The van der Waals surface area contributed by atoms with Crippen LogP contribution in [0.3, 0.4) is 0 Å². The summed E-state index contributed by atoms with van der Waals surface area (Å²) in [6.45, 7) is 7.13. The van der Waals surface area contributed by atoms with Crippen LogP contribution in [0.5, 0.6) is 0 Å². The first-order valence-corrected chi connectivity index (χ1v) is 15.4. The Morgan fingerprint density at radius 1 is 0.870 bits per heavy atom. The van der Waals surface area contributed by atoms with Crippen molar-refractivity contribution in [2.75, 3.05) is 13.2 Å². The van der Waals surface area contributed by atoms with E-state index in [0.717, 1.165) is 22.3 Å². The molecule has 0 saturated heterocycles. The predicted molar refractivity (Wildman–Crippen MR) is 170 cm³/mol. The van der Waals surface area contributed by atoms with Crippen LogP contribution in [-0.2, 0) is 28.7 Å². The average Bonchev–Trinajstić information content (AvgIpc) is 3.29. The average molecular weight is 640 g/mol. The fraction of sp³-hybridized carbons (Fsp3) is 0.485. The number of carboxylic acids is 1. The van der Waals surface area contributed by atoms with Crippen LogP contribution in [0.4, 0.5) is 4.79 Å². The lowest BCUT2D eigenvalue weighted by Gasteiger charge is -2.29. The molecule has 13 heteroatoms. The van der Waals surface area contributed by atoms with Crippen LogP contribution in [0.15, 0.2) is 48.5 Å². The van der Waals surface area contributed by atoms with Crippen molar-refractivity contribution in [2.45, 2.75) is 83.1 Å². The van der Waals surface area contributed by atoms with E-state index in [9.17, 15) is 29.1 Å². The van der Waals surface area contributed by atoms with E-state index in [0.29, 0.717) is 6.42 Å². The minimum atomic E-state index is -1.49. The highest BCUT2D eigenvalue weighted by molar-refractivity contribution is 5.88. The number of ether oxygens (including phenoxy) is 2.